The van der Waals surface area contributed by atoms with Gasteiger partial charge in [0.15, 0.2) is 11.6 Å². The normalized spacial score (nSPS) is 16.3. The van der Waals surface area contributed by atoms with Crippen LogP contribution in [0.1, 0.15) is 60.1 Å². The van der Waals surface area contributed by atoms with Crippen molar-refractivity contribution in [2.24, 2.45) is 0 Å². The van der Waals surface area contributed by atoms with Crippen LogP contribution < -0.4 is 4.74 Å². The number of aromatic nitrogens is 1. The highest BCUT2D eigenvalue weighted by Gasteiger charge is 2.48. The van der Waals surface area contributed by atoms with Crippen LogP contribution >= 0.6 is 11.6 Å². The number of pyridine rings is 1. The highest BCUT2D eigenvalue weighted by Crippen LogP contribution is 2.41. The van der Waals surface area contributed by atoms with E-state index in [0.717, 1.165) is 58.5 Å². The molecule has 0 spiro atoms. The number of hydrogen-bond acceptors (Lipinski definition) is 17. The number of carbonyl (C=O) groups is 3. The number of benzene rings is 2. The predicted octanol–water partition coefficient (Wildman–Crippen LogP) is 6.42. The van der Waals surface area contributed by atoms with Crippen LogP contribution in [-0.2, 0) is 62.3 Å². The second kappa shape index (κ2) is 26.5. The first-order valence-electron chi connectivity index (χ1n) is 22.7. The van der Waals surface area contributed by atoms with Gasteiger partial charge in [0.25, 0.3) is 16.1 Å². The van der Waals surface area contributed by atoms with Gasteiger partial charge in [-0.25, -0.2) is 18.4 Å². The quantitative estimate of drug-likeness (QED) is 0.0250. The van der Waals surface area contributed by atoms with Crippen molar-refractivity contribution in [3.63, 3.8) is 0 Å². The molecule has 2 fully saturated rings. The fourth-order valence-electron chi connectivity index (χ4n) is 8.01. The van der Waals surface area contributed by atoms with Crippen molar-refractivity contribution in [1.29, 1.82) is 0 Å². The minimum absolute atomic E-state index is 0.00374. The molecule has 2 aliphatic heterocycles. The van der Waals surface area contributed by atoms with E-state index >= 15 is 4.79 Å². The second-order valence-electron chi connectivity index (χ2n) is 16.2. The van der Waals surface area contributed by atoms with Gasteiger partial charge in [0.1, 0.15) is 37.3 Å². The van der Waals surface area contributed by atoms with Gasteiger partial charge in [-0.2, -0.15) is 0 Å². The Morgan fingerprint density at radius 2 is 1.46 bits per heavy atom. The Balaban J connectivity index is 1.14. The minimum Gasteiger partial charge on any atom is -0.489 e. The van der Waals surface area contributed by atoms with Gasteiger partial charge in [-0.15, -0.1) is 20.2 Å². The summed E-state index contributed by atoms with van der Waals surface area (Å²) in [6, 6.07) is 10.1. The molecule has 2 amide bonds. The molecule has 6 rings (SSSR count). The Morgan fingerprint density at radius 3 is 2.14 bits per heavy atom. The summed E-state index contributed by atoms with van der Waals surface area (Å²) < 4.78 is 65.8. The summed E-state index contributed by atoms with van der Waals surface area (Å²) in [6.07, 6.45) is 3.83. The van der Waals surface area contributed by atoms with Gasteiger partial charge in [0.2, 0.25) is 0 Å². The number of aryl methyl sites for hydroxylation is 2. The number of carbonyl (C=O) groups excluding carboxylic acids is 3. The van der Waals surface area contributed by atoms with E-state index in [4.69, 9.17) is 44.8 Å². The van der Waals surface area contributed by atoms with Crippen LogP contribution in [0.15, 0.2) is 54.2 Å². The van der Waals surface area contributed by atoms with Crippen LogP contribution in [0, 0.1) is 38.8 Å². The van der Waals surface area contributed by atoms with E-state index in [1.165, 1.54) is 0 Å². The largest absolute Gasteiger partial charge is 0.508 e. The first kappa shape index (κ1) is 52.9. The molecule has 2 bridgehead atoms. The molecule has 3 heterocycles. The van der Waals surface area contributed by atoms with E-state index in [9.17, 15) is 38.6 Å². The number of hydrogen-bond donors (Lipinski definition) is 0. The first-order valence-corrected chi connectivity index (χ1v) is 23.1. The fraction of sp³-hybridized carbons (Fsp3) is 0.522. The van der Waals surface area contributed by atoms with E-state index in [1.807, 2.05) is 42.2 Å². The van der Waals surface area contributed by atoms with Gasteiger partial charge in [-0.05, 0) is 97.9 Å². The molecule has 1 aliphatic carbocycles. The van der Waals surface area contributed by atoms with Crippen molar-refractivity contribution in [1.82, 2.24) is 14.8 Å². The topological polar surface area (TPSA) is 240 Å². The molecule has 2 aromatic carbocycles. The summed E-state index contributed by atoms with van der Waals surface area (Å²) in [4.78, 5) is 78.2. The summed E-state index contributed by atoms with van der Waals surface area (Å²) in [5, 5.41) is 18.3. The Hall–Kier alpha value is -6.43. The molecular formula is C46H54ClF2N5O16. The lowest BCUT2D eigenvalue weighted by Gasteiger charge is -2.47. The summed E-state index contributed by atoms with van der Waals surface area (Å²) in [5.41, 5.74) is 5.35. The zero-order valence-electron chi connectivity index (χ0n) is 38.4. The highest BCUT2D eigenvalue weighted by atomic mass is 35.5. The maximum absolute atomic E-state index is 15.3. The molecule has 0 N–H and O–H groups in total. The van der Waals surface area contributed by atoms with Crippen molar-refractivity contribution in [3.05, 3.63) is 119 Å². The van der Waals surface area contributed by atoms with E-state index in [-0.39, 0.29) is 110 Å². The van der Waals surface area contributed by atoms with E-state index in [1.54, 1.807) is 11.1 Å². The molecule has 3 aliphatic rings. The summed E-state index contributed by atoms with van der Waals surface area (Å²) >= 11 is 5.92. The molecule has 0 radical (unpaired) electrons. The lowest BCUT2D eigenvalue weighted by molar-refractivity contribution is -0.758. The average molecular weight is 1010 g/mol. The minimum atomic E-state index is -0.931. The van der Waals surface area contributed by atoms with Gasteiger partial charge >= 0.3 is 12.2 Å². The monoisotopic (exact) mass is 1010 g/mol. The fourth-order valence-corrected chi connectivity index (χ4v) is 8.22. The molecule has 1 saturated heterocycles. The number of rotatable bonds is 28. The number of morpholine rings is 1. The van der Waals surface area contributed by atoms with Gasteiger partial charge in [-0.1, -0.05) is 35.9 Å². The van der Waals surface area contributed by atoms with Crippen molar-refractivity contribution in [2.45, 2.75) is 76.5 Å². The van der Waals surface area contributed by atoms with Crippen LogP contribution in [0.25, 0.3) is 5.57 Å². The molecule has 1 aromatic heterocycles. The smallest absolute Gasteiger partial charge is 0.489 e. The van der Waals surface area contributed by atoms with Crippen LogP contribution in [0.2, 0.25) is 5.02 Å². The molecule has 3 aromatic rings. The van der Waals surface area contributed by atoms with Gasteiger partial charge in [0, 0.05) is 30.1 Å². The Kier molecular flexibility index (Phi) is 20.1. The van der Waals surface area contributed by atoms with Crippen LogP contribution in [0.3, 0.4) is 0 Å². The number of fused-ring (bicyclic) bond motifs is 2. The number of amides is 2. The van der Waals surface area contributed by atoms with Gasteiger partial charge in [0.05, 0.1) is 64.9 Å². The van der Waals surface area contributed by atoms with Crippen molar-refractivity contribution < 1.29 is 76.2 Å². The number of ether oxygens (including phenoxy) is 7. The van der Waals surface area contributed by atoms with Crippen LogP contribution in [0.5, 0.6) is 5.75 Å². The van der Waals surface area contributed by atoms with Gasteiger partial charge in [-0.3, -0.25) is 14.7 Å². The summed E-state index contributed by atoms with van der Waals surface area (Å²) in [5.74, 6) is -2.15. The predicted molar refractivity (Wildman–Crippen MR) is 240 cm³/mol. The van der Waals surface area contributed by atoms with Gasteiger partial charge < -0.3 is 47.7 Å². The third kappa shape index (κ3) is 15.3. The first-order chi connectivity index (χ1) is 33.8. The number of nitrogens with zero attached hydrogens (tertiary/aromatic N) is 5. The Bertz CT molecular complexity index is 2320. The summed E-state index contributed by atoms with van der Waals surface area (Å²) in [6.45, 7) is 1.55. The molecule has 24 heteroatoms. The Labute approximate surface area is 406 Å². The highest BCUT2D eigenvalue weighted by molar-refractivity contribution is 6.32. The molecule has 70 heavy (non-hydrogen) atoms. The molecule has 2 unspecified atom stereocenters. The second-order valence-corrected chi connectivity index (χ2v) is 16.6. The van der Waals surface area contributed by atoms with E-state index < -0.39 is 51.2 Å². The Morgan fingerprint density at radius 1 is 0.814 bits per heavy atom. The summed E-state index contributed by atoms with van der Waals surface area (Å²) in [7, 11) is 0. The molecule has 2 atom stereocenters. The maximum Gasteiger partial charge on any atom is 0.508 e. The maximum atomic E-state index is 15.3. The standard InChI is InChI=1S/C46H54ClF2N5O16/c1-30-33(14-15-50-39(30)5-3-17-67-46(57)68-23-19-63-21-25-70-54(60)61)27-51(34-10-11-34)44(55)41-36(26-35-28-64-29-40(41)52(35)45(56)66-22-18-62-20-24-69-53(58)59)32-8-6-31(7-9-32)4-2-16-65-43-38(49)13-12-37(48)42(43)47/h6-9,12-15,34-35,40H,2-5,10-11,16-29H2,1H3. The molecule has 1 saturated carbocycles. The van der Waals surface area contributed by atoms with Crippen molar-refractivity contribution in [2.75, 3.05) is 79.3 Å². The third-order valence-electron chi connectivity index (χ3n) is 11.6. The molecule has 380 valence electrons. The zero-order valence-corrected chi connectivity index (χ0v) is 39.2. The third-order valence-corrected chi connectivity index (χ3v) is 11.9. The van der Waals surface area contributed by atoms with Crippen LogP contribution in [0.4, 0.5) is 18.4 Å². The molecule has 21 nitrogen and oxygen atoms in total. The van der Waals surface area contributed by atoms with Crippen molar-refractivity contribution in [3.8, 4) is 5.75 Å². The molecular weight excluding hydrogens is 952 g/mol. The zero-order chi connectivity index (χ0) is 50.0. The van der Waals surface area contributed by atoms with E-state index in [2.05, 4.69) is 14.7 Å². The van der Waals surface area contributed by atoms with Crippen LogP contribution in [-0.4, -0.2) is 141 Å². The SMILES string of the molecule is Cc1c(CN(C(=O)C2=C(c3ccc(CCCOc4c(F)ccc(F)c4Cl)cc3)CC3COCC2N3C(=O)OCCOCCO[N+](=O)[O-])C2CC2)ccnc1CCCOC(=O)OCCOCCO[N+](=O)[O-]. The van der Waals surface area contributed by atoms with Crippen molar-refractivity contribution >= 4 is 35.3 Å². The van der Waals surface area contributed by atoms with E-state index in [0.29, 0.717) is 31.3 Å². The average Bonchev–Trinajstić information content (AvgIpc) is 4.18. The lowest BCUT2D eigenvalue weighted by atomic mass is 9.82. The number of halogens is 3. The lowest BCUT2D eigenvalue weighted by Crippen LogP contribution is -2.60.